The van der Waals surface area contributed by atoms with Crippen molar-refractivity contribution >= 4 is 0 Å². The van der Waals surface area contributed by atoms with Crippen molar-refractivity contribution < 1.29 is 0 Å². The second-order valence-corrected chi connectivity index (χ2v) is 6.37. The van der Waals surface area contributed by atoms with Crippen LogP contribution in [0, 0.1) is 10.8 Å². The van der Waals surface area contributed by atoms with Gasteiger partial charge in [-0.1, -0.05) is 20.8 Å². The third-order valence-corrected chi connectivity index (χ3v) is 3.90. The van der Waals surface area contributed by atoms with E-state index in [0.29, 0.717) is 5.41 Å². The van der Waals surface area contributed by atoms with Crippen LogP contribution in [-0.2, 0) is 0 Å². The van der Waals surface area contributed by atoms with Gasteiger partial charge in [0.1, 0.15) is 0 Å². The first-order valence-corrected chi connectivity index (χ1v) is 5.63. The summed E-state index contributed by atoms with van der Waals surface area (Å²) in [6, 6.07) is 0.882. The van der Waals surface area contributed by atoms with Crippen LogP contribution in [0.5, 0.6) is 0 Å². The zero-order chi connectivity index (χ0) is 9.69. The van der Waals surface area contributed by atoms with E-state index in [1.165, 1.54) is 32.2 Å². The maximum atomic E-state index is 2.60. The van der Waals surface area contributed by atoms with Gasteiger partial charge in [-0.15, -0.1) is 0 Å². The number of rotatable bonds is 1. The molecule has 1 nitrogen and oxygen atoms in total. The molecule has 0 amide bonds. The van der Waals surface area contributed by atoms with Gasteiger partial charge in [-0.05, 0) is 50.1 Å². The normalized spacial score (nSPS) is 32.8. The molecule has 13 heavy (non-hydrogen) atoms. The van der Waals surface area contributed by atoms with Crippen molar-refractivity contribution in [1.29, 1.82) is 0 Å². The van der Waals surface area contributed by atoms with Crippen LogP contribution in [0.1, 0.15) is 46.5 Å². The summed E-state index contributed by atoms with van der Waals surface area (Å²) in [5, 5.41) is 0. The molecule has 1 spiro atoms. The van der Waals surface area contributed by atoms with Crippen molar-refractivity contribution in [1.82, 2.24) is 4.90 Å². The Morgan fingerprint density at radius 1 is 1.23 bits per heavy atom. The molecule has 0 aromatic heterocycles. The first-order valence-electron chi connectivity index (χ1n) is 5.63. The highest BCUT2D eigenvalue weighted by Gasteiger charge is 2.54. The maximum absolute atomic E-state index is 2.60. The van der Waals surface area contributed by atoms with E-state index in [2.05, 4.69) is 32.7 Å². The van der Waals surface area contributed by atoms with E-state index in [9.17, 15) is 0 Å². The second kappa shape index (κ2) is 2.73. The molecule has 1 heterocycles. The van der Waals surface area contributed by atoms with Crippen molar-refractivity contribution in [2.75, 3.05) is 13.6 Å². The first-order chi connectivity index (χ1) is 5.93. The fraction of sp³-hybridized carbons (Fsp3) is 1.00. The molecule has 1 aliphatic heterocycles. The van der Waals surface area contributed by atoms with Gasteiger partial charge in [0.15, 0.2) is 0 Å². The Morgan fingerprint density at radius 3 is 2.31 bits per heavy atom. The number of hydrogen-bond acceptors (Lipinski definition) is 1. The van der Waals surface area contributed by atoms with Crippen LogP contribution >= 0.6 is 0 Å². The quantitative estimate of drug-likeness (QED) is 0.601. The highest BCUT2D eigenvalue weighted by atomic mass is 15.2. The molecular formula is C12H23N. The summed E-state index contributed by atoms with van der Waals surface area (Å²) in [4.78, 5) is 2.60. The molecule has 0 radical (unpaired) electrons. The summed E-state index contributed by atoms with van der Waals surface area (Å²) in [7, 11) is 2.31. The van der Waals surface area contributed by atoms with E-state index >= 15 is 0 Å². The molecule has 0 aromatic rings. The lowest BCUT2D eigenvalue weighted by molar-refractivity contribution is 0.183. The molecule has 2 aliphatic rings. The van der Waals surface area contributed by atoms with Crippen LogP contribution in [0.4, 0.5) is 0 Å². The first kappa shape index (κ1) is 9.51. The van der Waals surface area contributed by atoms with Crippen LogP contribution in [0.2, 0.25) is 0 Å². The van der Waals surface area contributed by atoms with Crippen LogP contribution in [0.25, 0.3) is 0 Å². The summed E-state index contributed by atoms with van der Waals surface area (Å²) >= 11 is 0. The van der Waals surface area contributed by atoms with Gasteiger partial charge < -0.3 is 4.90 Å². The molecule has 1 saturated heterocycles. The molecule has 76 valence electrons. The number of likely N-dealkylation sites (tertiary alicyclic amines) is 1. The molecule has 1 saturated carbocycles. The zero-order valence-electron chi connectivity index (χ0n) is 9.56. The van der Waals surface area contributed by atoms with Gasteiger partial charge in [0.25, 0.3) is 0 Å². The van der Waals surface area contributed by atoms with Crippen molar-refractivity contribution in [3.05, 3.63) is 0 Å². The lowest BCUT2D eigenvalue weighted by atomic mass is 9.82. The van der Waals surface area contributed by atoms with Gasteiger partial charge in [0, 0.05) is 6.04 Å². The standard InChI is InChI=1S/C12H23N/c1-11(2,3)9-10-12(5-6-12)7-8-13(10)4/h10H,5-9H2,1-4H3. The van der Waals surface area contributed by atoms with Crippen LogP contribution in [-0.4, -0.2) is 24.5 Å². The van der Waals surface area contributed by atoms with E-state index in [-0.39, 0.29) is 0 Å². The molecule has 1 aliphatic carbocycles. The Morgan fingerprint density at radius 2 is 1.85 bits per heavy atom. The Balaban J connectivity index is 2.04. The van der Waals surface area contributed by atoms with Crippen molar-refractivity contribution in [3.63, 3.8) is 0 Å². The fourth-order valence-corrected chi connectivity index (χ4v) is 2.89. The highest BCUT2D eigenvalue weighted by Crippen LogP contribution is 2.58. The topological polar surface area (TPSA) is 3.24 Å². The summed E-state index contributed by atoms with van der Waals surface area (Å²) < 4.78 is 0. The third-order valence-electron chi connectivity index (χ3n) is 3.90. The molecule has 0 N–H and O–H groups in total. The van der Waals surface area contributed by atoms with Crippen molar-refractivity contribution in [3.8, 4) is 0 Å². The van der Waals surface area contributed by atoms with E-state index in [1.807, 2.05) is 0 Å². The lowest BCUT2D eigenvalue weighted by Crippen LogP contribution is -2.34. The molecule has 2 fully saturated rings. The van der Waals surface area contributed by atoms with Gasteiger partial charge in [0.2, 0.25) is 0 Å². The highest BCUT2D eigenvalue weighted by molar-refractivity contribution is 5.07. The van der Waals surface area contributed by atoms with Gasteiger partial charge in [-0.3, -0.25) is 0 Å². The SMILES string of the molecule is CN1CCC2(CC2)C1CC(C)(C)C. The fourth-order valence-electron chi connectivity index (χ4n) is 2.89. The van der Waals surface area contributed by atoms with Gasteiger partial charge in [0.05, 0.1) is 0 Å². The van der Waals surface area contributed by atoms with Gasteiger partial charge >= 0.3 is 0 Å². The molecule has 1 atom stereocenters. The number of hydrogen-bond donors (Lipinski definition) is 0. The van der Waals surface area contributed by atoms with E-state index < -0.39 is 0 Å². The minimum absolute atomic E-state index is 0.499. The van der Waals surface area contributed by atoms with E-state index in [1.54, 1.807) is 0 Å². The van der Waals surface area contributed by atoms with Crippen molar-refractivity contribution in [2.24, 2.45) is 10.8 Å². The van der Waals surface area contributed by atoms with E-state index in [0.717, 1.165) is 11.5 Å². The molecule has 0 aromatic carbocycles. The average molecular weight is 181 g/mol. The Kier molecular flexibility index (Phi) is 1.99. The van der Waals surface area contributed by atoms with Gasteiger partial charge in [-0.25, -0.2) is 0 Å². The second-order valence-electron chi connectivity index (χ2n) is 6.37. The van der Waals surface area contributed by atoms with Crippen molar-refractivity contribution in [2.45, 2.75) is 52.5 Å². The van der Waals surface area contributed by atoms with E-state index in [4.69, 9.17) is 0 Å². The van der Waals surface area contributed by atoms with Crippen LogP contribution in [0.3, 0.4) is 0 Å². The lowest BCUT2D eigenvalue weighted by Gasteiger charge is -2.31. The average Bonchev–Trinajstić information content (AvgIpc) is 2.69. The smallest absolute Gasteiger partial charge is 0.0154 e. The third kappa shape index (κ3) is 1.76. The summed E-state index contributed by atoms with van der Waals surface area (Å²) in [5.41, 5.74) is 1.26. The molecule has 1 unspecified atom stereocenters. The molecule has 1 heteroatoms. The minimum Gasteiger partial charge on any atom is -0.303 e. The molecule has 2 rings (SSSR count). The Bertz CT molecular complexity index is 198. The van der Waals surface area contributed by atoms with Crippen LogP contribution < -0.4 is 0 Å². The Hall–Kier alpha value is -0.0400. The zero-order valence-corrected chi connectivity index (χ0v) is 9.56. The summed E-state index contributed by atoms with van der Waals surface area (Å²) in [5.74, 6) is 0. The maximum Gasteiger partial charge on any atom is 0.0154 e. The minimum atomic E-state index is 0.499. The summed E-state index contributed by atoms with van der Waals surface area (Å²) in [6.07, 6.45) is 5.84. The predicted octanol–water partition coefficient (Wildman–Crippen LogP) is 2.91. The monoisotopic (exact) mass is 181 g/mol. The van der Waals surface area contributed by atoms with Crippen LogP contribution in [0.15, 0.2) is 0 Å². The number of nitrogens with zero attached hydrogens (tertiary/aromatic N) is 1. The molecule has 0 bridgehead atoms. The predicted molar refractivity (Wildman–Crippen MR) is 56.8 cm³/mol. The Labute approximate surface area is 82.5 Å². The largest absolute Gasteiger partial charge is 0.303 e. The van der Waals surface area contributed by atoms with Gasteiger partial charge in [-0.2, -0.15) is 0 Å². The molecular weight excluding hydrogens is 158 g/mol. The summed E-state index contributed by atoms with van der Waals surface area (Å²) in [6.45, 7) is 8.44.